The Bertz CT molecular complexity index is 1280. The monoisotopic (exact) mass is 450 g/mol. The number of carbonyl (C=O) groups excluding carboxylic acids is 1. The highest BCUT2D eigenvalue weighted by molar-refractivity contribution is 5.99. The van der Waals surface area contributed by atoms with E-state index in [-0.39, 0.29) is 11.1 Å². The molecule has 170 valence electrons. The zero-order chi connectivity index (χ0) is 23.6. The molecule has 10 heteroatoms. The lowest BCUT2D eigenvalue weighted by Crippen LogP contribution is -2.21. The number of halogens is 1. The van der Waals surface area contributed by atoms with E-state index < -0.39 is 11.8 Å². The van der Waals surface area contributed by atoms with E-state index in [0.29, 0.717) is 28.9 Å². The molecule has 0 fully saturated rings. The van der Waals surface area contributed by atoms with Crippen LogP contribution in [0.3, 0.4) is 0 Å². The molecule has 2 N–H and O–H groups in total. The number of nitrogens with zero attached hydrogens (tertiary/aromatic N) is 4. The van der Waals surface area contributed by atoms with Crippen LogP contribution in [0.15, 0.2) is 59.5 Å². The molecule has 0 unspecified atom stereocenters. The molecule has 0 atom stereocenters. The van der Waals surface area contributed by atoms with E-state index in [1.165, 1.54) is 30.7 Å². The summed E-state index contributed by atoms with van der Waals surface area (Å²) in [6.45, 7) is 6.07. The summed E-state index contributed by atoms with van der Waals surface area (Å²) in [6, 6.07) is 8.52. The smallest absolute Gasteiger partial charge is 0.324 e. The van der Waals surface area contributed by atoms with Crippen LogP contribution in [0, 0.1) is 5.82 Å². The number of urea groups is 1. The number of anilines is 2. The third-order valence-electron chi connectivity index (χ3n) is 4.69. The van der Waals surface area contributed by atoms with E-state index in [4.69, 9.17) is 9.15 Å². The van der Waals surface area contributed by atoms with Gasteiger partial charge in [-0.1, -0.05) is 20.8 Å². The van der Waals surface area contributed by atoms with Crippen LogP contribution in [-0.2, 0) is 12.5 Å². The molecule has 0 saturated carbocycles. The molecule has 0 bridgehead atoms. The normalized spacial score (nSPS) is 11.3. The van der Waals surface area contributed by atoms with Crippen LogP contribution in [0.1, 0.15) is 26.5 Å². The molecular formula is C23H23FN6O3. The van der Waals surface area contributed by atoms with Crippen molar-refractivity contribution in [3.8, 4) is 23.1 Å². The van der Waals surface area contributed by atoms with E-state index in [2.05, 4.69) is 25.7 Å². The summed E-state index contributed by atoms with van der Waals surface area (Å²) < 4.78 is 27.0. The minimum atomic E-state index is -0.607. The SMILES string of the molecule is Cn1nc(C(C)(C)C)cc1NC(=O)Nc1cc(Oc2ccnc(-c3ncco3)c2)ccc1F. The van der Waals surface area contributed by atoms with Gasteiger partial charge in [-0.05, 0) is 18.2 Å². The lowest BCUT2D eigenvalue weighted by Gasteiger charge is -2.13. The highest BCUT2D eigenvalue weighted by Gasteiger charge is 2.20. The van der Waals surface area contributed by atoms with Gasteiger partial charge < -0.3 is 14.5 Å². The predicted octanol–water partition coefficient (Wildman–Crippen LogP) is 5.34. The quantitative estimate of drug-likeness (QED) is 0.425. The molecule has 3 heterocycles. The fourth-order valence-corrected chi connectivity index (χ4v) is 2.96. The van der Waals surface area contributed by atoms with Crippen molar-refractivity contribution >= 4 is 17.5 Å². The Morgan fingerprint density at radius 2 is 1.85 bits per heavy atom. The fraction of sp³-hybridized carbons (Fsp3) is 0.217. The summed E-state index contributed by atoms with van der Waals surface area (Å²) in [4.78, 5) is 20.7. The lowest BCUT2D eigenvalue weighted by molar-refractivity contribution is 0.262. The summed E-state index contributed by atoms with van der Waals surface area (Å²) in [5, 5.41) is 9.61. The second-order valence-electron chi connectivity index (χ2n) is 8.33. The molecule has 0 radical (unpaired) electrons. The molecule has 33 heavy (non-hydrogen) atoms. The molecule has 4 aromatic rings. The largest absolute Gasteiger partial charge is 0.457 e. The standard InChI is InChI=1S/C23H23FN6O3/c1-23(2,3)19-13-20(30(4)29-19)28-22(31)27-17-11-14(5-6-16(17)24)33-15-7-8-25-18(12-15)21-26-9-10-32-21/h5-13H,1-4H3,(H2,27,28,31). The average molecular weight is 450 g/mol. The van der Waals surface area contributed by atoms with E-state index in [1.807, 2.05) is 20.8 Å². The first-order valence-electron chi connectivity index (χ1n) is 10.1. The minimum absolute atomic E-state index is 0.0369. The van der Waals surface area contributed by atoms with Crippen molar-refractivity contribution < 1.29 is 18.3 Å². The number of oxazole rings is 1. The summed E-state index contributed by atoms with van der Waals surface area (Å²) in [5.41, 5.74) is 1.10. The molecule has 0 spiro atoms. The van der Waals surface area contributed by atoms with E-state index in [1.54, 1.807) is 36.1 Å². The Morgan fingerprint density at radius 3 is 2.55 bits per heavy atom. The Kier molecular flexibility index (Phi) is 5.82. The maximum atomic E-state index is 14.4. The van der Waals surface area contributed by atoms with Gasteiger partial charge >= 0.3 is 6.03 Å². The van der Waals surface area contributed by atoms with Gasteiger partial charge in [-0.25, -0.2) is 14.2 Å². The maximum absolute atomic E-state index is 14.4. The van der Waals surface area contributed by atoms with Gasteiger partial charge in [0.05, 0.1) is 17.6 Å². The predicted molar refractivity (Wildman–Crippen MR) is 121 cm³/mol. The topological polar surface area (TPSA) is 107 Å². The van der Waals surface area contributed by atoms with Crippen molar-refractivity contribution in [1.29, 1.82) is 0 Å². The fourth-order valence-electron chi connectivity index (χ4n) is 2.96. The van der Waals surface area contributed by atoms with Crippen molar-refractivity contribution in [2.24, 2.45) is 7.05 Å². The second-order valence-corrected chi connectivity index (χ2v) is 8.33. The Morgan fingerprint density at radius 1 is 1.06 bits per heavy atom. The van der Waals surface area contributed by atoms with Crippen molar-refractivity contribution in [1.82, 2.24) is 19.7 Å². The van der Waals surface area contributed by atoms with Gasteiger partial charge in [0.1, 0.15) is 35.1 Å². The number of rotatable bonds is 5. The molecular weight excluding hydrogens is 427 g/mol. The van der Waals surface area contributed by atoms with Gasteiger partial charge in [0, 0.05) is 36.9 Å². The molecule has 0 saturated heterocycles. The Balaban J connectivity index is 1.47. The first kappa shape index (κ1) is 22.0. The molecule has 2 amide bonds. The molecule has 9 nitrogen and oxygen atoms in total. The van der Waals surface area contributed by atoms with Crippen LogP contribution < -0.4 is 15.4 Å². The first-order valence-corrected chi connectivity index (χ1v) is 10.1. The summed E-state index contributed by atoms with van der Waals surface area (Å²) >= 11 is 0. The molecule has 1 aromatic carbocycles. The first-order chi connectivity index (χ1) is 15.7. The highest BCUT2D eigenvalue weighted by Crippen LogP contribution is 2.28. The number of aryl methyl sites for hydroxylation is 1. The average Bonchev–Trinajstić information content (AvgIpc) is 3.41. The van der Waals surface area contributed by atoms with Gasteiger partial charge in [0.15, 0.2) is 0 Å². The van der Waals surface area contributed by atoms with E-state index in [0.717, 1.165) is 5.69 Å². The highest BCUT2D eigenvalue weighted by atomic mass is 19.1. The van der Waals surface area contributed by atoms with E-state index in [9.17, 15) is 9.18 Å². The van der Waals surface area contributed by atoms with Gasteiger partial charge in [0.25, 0.3) is 0 Å². The van der Waals surface area contributed by atoms with Crippen LogP contribution in [-0.4, -0.2) is 25.8 Å². The molecule has 0 aliphatic heterocycles. The zero-order valence-corrected chi connectivity index (χ0v) is 18.6. The Labute approximate surface area is 189 Å². The zero-order valence-electron chi connectivity index (χ0n) is 18.6. The van der Waals surface area contributed by atoms with Crippen LogP contribution in [0.25, 0.3) is 11.6 Å². The third-order valence-corrected chi connectivity index (χ3v) is 4.69. The van der Waals surface area contributed by atoms with Crippen molar-refractivity contribution in [2.75, 3.05) is 10.6 Å². The number of hydrogen-bond donors (Lipinski definition) is 2. The lowest BCUT2D eigenvalue weighted by atomic mass is 9.92. The third kappa shape index (κ3) is 5.17. The van der Waals surface area contributed by atoms with Crippen LogP contribution in [0.2, 0.25) is 0 Å². The van der Waals surface area contributed by atoms with Crippen LogP contribution >= 0.6 is 0 Å². The van der Waals surface area contributed by atoms with Gasteiger partial charge in [-0.2, -0.15) is 5.10 Å². The minimum Gasteiger partial charge on any atom is -0.457 e. The number of amides is 2. The molecule has 0 aliphatic carbocycles. The second kappa shape index (κ2) is 8.73. The van der Waals surface area contributed by atoms with Gasteiger partial charge in [-0.3, -0.25) is 15.0 Å². The van der Waals surface area contributed by atoms with Crippen molar-refractivity contribution in [3.63, 3.8) is 0 Å². The maximum Gasteiger partial charge on any atom is 0.324 e. The van der Waals surface area contributed by atoms with Crippen molar-refractivity contribution in [2.45, 2.75) is 26.2 Å². The summed E-state index contributed by atoms with van der Waals surface area (Å²) in [7, 11) is 1.72. The molecule has 3 aromatic heterocycles. The number of benzene rings is 1. The summed E-state index contributed by atoms with van der Waals surface area (Å²) in [6.07, 6.45) is 4.51. The molecule has 4 rings (SSSR count). The van der Waals surface area contributed by atoms with Gasteiger partial charge in [0.2, 0.25) is 5.89 Å². The number of hydrogen-bond acceptors (Lipinski definition) is 6. The van der Waals surface area contributed by atoms with E-state index >= 15 is 0 Å². The number of carbonyl (C=O) groups is 1. The van der Waals surface area contributed by atoms with Gasteiger partial charge in [-0.15, -0.1) is 0 Å². The van der Waals surface area contributed by atoms with Crippen LogP contribution in [0.4, 0.5) is 20.7 Å². The number of nitrogens with one attached hydrogen (secondary N) is 2. The Hall–Kier alpha value is -4.21. The number of pyridine rings is 1. The summed E-state index contributed by atoms with van der Waals surface area (Å²) in [5.74, 6) is 1.01. The number of ether oxygens (including phenoxy) is 1. The van der Waals surface area contributed by atoms with Crippen molar-refractivity contribution in [3.05, 3.63) is 66.6 Å². The number of aromatic nitrogens is 4. The van der Waals surface area contributed by atoms with Crippen LogP contribution in [0.5, 0.6) is 11.5 Å². The molecule has 0 aliphatic rings.